The minimum absolute atomic E-state index is 0.143. The zero-order chi connectivity index (χ0) is 21.0. The molecule has 7 heteroatoms. The quantitative estimate of drug-likeness (QED) is 0.622. The van der Waals surface area contributed by atoms with Gasteiger partial charge in [0.15, 0.2) is 11.4 Å². The summed E-state index contributed by atoms with van der Waals surface area (Å²) < 4.78 is 12.1. The van der Waals surface area contributed by atoms with Crippen molar-refractivity contribution in [3.8, 4) is 5.75 Å². The monoisotopic (exact) mass is 395 g/mol. The Morgan fingerprint density at radius 3 is 2.76 bits per heavy atom. The highest BCUT2D eigenvalue weighted by Crippen LogP contribution is 2.22. The van der Waals surface area contributed by atoms with Crippen molar-refractivity contribution in [1.82, 2.24) is 14.7 Å². The number of aryl methyl sites for hydroxylation is 1. The summed E-state index contributed by atoms with van der Waals surface area (Å²) in [6, 6.07) is 10.7. The third-order valence-corrected chi connectivity index (χ3v) is 4.57. The van der Waals surface area contributed by atoms with Gasteiger partial charge in [0.25, 0.3) is 5.91 Å². The van der Waals surface area contributed by atoms with Gasteiger partial charge in [0, 0.05) is 12.2 Å². The smallest absolute Gasteiger partial charge is 0.337 e. The van der Waals surface area contributed by atoms with Gasteiger partial charge < -0.3 is 14.8 Å². The van der Waals surface area contributed by atoms with Crippen molar-refractivity contribution in [2.75, 3.05) is 13.7 Å². The van der Waals surface area contributed by atoms with Gasteiger partial charge in [0.05, 0.1) is 25.0 Å². The van der Waals surface area contributed by atoms with Gasteiger partial charge in [-0.2, -0.15) is 0 Å². The van der Waals surface area contributed by atoms with Crippen LogP contribution >= 0.6 is 0 Å². The number of nitrogens with one attached hydrogen (secondary N) is 1. The molecule has 3 rings (SSSR count). The number of fused-ring (bicyclic) bond motifs is 1. The molecule has 3 aromatic rings. The highest BCUT2D eigenvalue weighted by molar-refractivity contribution is 5.95. The number of aromatic nitrogens is 2. The van der Waals surface area contributed by atoms with E-state index in [1.165, 1.54) is 7.11 Å². The molecule has 1 atom stereocenters. The van der Waals surface area contributed by atoms with E-state index in [4.69, 9.17) is 9.47 Å². The third-order valence-electron chi connectivity index (χ3n) is 4.57. The number of ether oxygens (including phenoxy) is 2. The molecule has 152 valence electrons. The largest absolute Gasteiger partial charge is 0.490 e. The number of imidazole rings is 1. The van der Waals surface area contributed by atoms with E-state index in [1.54, 1.807) is 28.8 Å². The predicted molar refractivity (Wildman–Crippen MR) is 110 cm³/mol. The van der Waals surface area contributed by atoms with Gasteiger partial charge in [-0.05, 0) is 57.0 Å². The second-order valence-electron chi connectivity index (χ2n) is 6.82. The Bertz CT molecular complexity index is 1040. The van der Waals surface area contributed by atoms with Crippen LogP contribution in [0.15, 0.2) is 42.6 Å². The van der Waals surface area contributed by atoms with Crippen molar-refractivity contribution in [1.29, 1.82) is 0 Å². The second kappa shape index (κ2) is 8.77. The number of rotatable bonds is 7. The van der Waals surface area contributed by atoms with Gasteiger partial charge in [0.1, 0.15) is 5.69 Å². The normalized spacial score (nSPS) is 11.9. The number of carbonyl (C=O) groups is 2. The van der Waals surface area contributed by atoms with Crippen molar-refractivity contribution in [2.24, 2.45) is 0 Å². The van der Waals surface area contributed by atoms with E-state index >= 15 is 0 Å². The molecule has 0 aliphatic rings. The Hall–Kier alpha value is -3.35. The maximum atomic E-state index is 12.9. The minimum atomic E-state index is -0.380. The summed E-state index contributed by atoms with van der Waals surface area (Å²) in [7, 11) is 1.35. The second-order valence-corrected chi connectivity index (χ2v) is 6.82. The van der Waals surface area contributed by atoms with Gasteiger partial charge in [-0.15, -0.1) is 0 Å². The first-order valence-electron chi connectivity index (χ1n) is 9.53. The lowest BCUT2D eigenvalue weighted by Crippen LogP contribution is -2.35. The summed E-state index contributed by atoms with van der Waals surface area (Å²) in [5, 5.41) is 3.02. The SMILES string of the molecule is CCOc1cccn2c(C(=O)N[C@@H](C)Cc3cccc(C(=O)OC)c3)c(C)nc12. The lowest BCUT2D eigenvalue weighted by atomic mass is 10.0. The first kappa shape index (κ1) is 20.4. The Morgan fingerprint density at radius 1 is 1.24 bits per heavy atom. The van der Waals surface area contributed by atoms with Crippen molar-refractivity contribution in [3.63, 3.8) is 0 Å². The van der Waals surface area contributed by atoms with E-state index in [2.05, 4.69) is 10.3 Å². The summed E-state index contributed by atoms with van der Waals surface area (Å²) >= 11 is 0. The number of methoxy groups -OCH3 is 1. The van der Waals surface area contributed by atoms with Crippen LogP contribution in [0, 0.1) is 6.92 Å². The van der Waals surface area contributed by atoms with Crippen LogP contribution in [0.3, 0.4) is 0 Å². The van der Waals surface area contributed by atoms with E-state index in [0.29, 0.717) is 41.4 Å². The van der Waals surface area contributed by atoms with Crippen LogP contribution in [-0.2, 0) is 11.2 Å². The first-order valence-corrected chi connectivity index (χ1v) is 9.53. The lowest BCUT2D eigenvalue weighted by molar-refractivity contribution is 0.0600. The van der Waals surface area contributed by atoms with Gasteiger partial charge in [-0.3, -0.25) is 9.20 Å². The molecule has 0 bridgehead atoms. The molecule has 1 aromatic carbocycles. The fourth-order valence-electron chi connectivity index (χ4n) is 3.34. The molecule has 2 heterocycles. The summed E-state index contributed by atoms with van der Waals surface area (Å²) in [5.41, 5.74) is 3.17. The molecule has 0 aliphatic carbocycles. The van der Waals surface area contributed by atoms with E-state index < -0.39 is 0 Å². The van der Waals surface area contributed by atoms with Gasteiger partial charge >= 0.3 is 5.97 Å². The van der Waals surface area contributed by atoms with E-state index in [0.717, 1.165) is 5.56 Å². The van der Waals surface area contributed by atoms with E-state index in [-0.39, 0.29) is 17.9 Å². The number of nitrogens with zero attached hydrogens (tertiary/aromatic N) is 2. The number of esters is 1. The fourth-order valence-corrected chi connectivity index (χ4v) is 3.34. The fraction of sp³-hybridized carbons (Fsp3) is 0.318. The number of benzene rings is 1. The van der Waals surface area contributed by atoms with Crippen LogP contribution in [0.4, 0.5) is 0 Å². The molecular formula is C22H25N3O4. The predicted octanol–water partition coefficient (Wildman–Crippen LogP) is 3.19. The minimum Gasteiger partial charge on any atom is -0.490 e. The lowest BCUT2D eigenvalue weighted by Gasteiger charge is -2.15. The van der Waals surface area contributed by atoms with Crippen LogP contribution in [0.5, 0.6) is 5.75 Å². The molecule has 0 unspecified atom stereocenters. The average Bonchev–Trinajstić information content (AvgIpc) is 3.04. The summed E-state index contributed by atoms with van der Waals surface area (Å²) in [6.07, 6.45) is 2.38. The molecule has 1 amide bonds. The number of carbonyl (C=O) groups excluding carboxylic acids is 2. The summed E-state index contributed by atoms with van der Waals surface area (Å²) in [5.74, 6) is 0.0556. The summed E-state index contributed by atoms with van der Waals surface area (Å²) in [4.78, 5) is 29.2. The topological polar surface area (TPSA) is 81.9 Å². The zero-order valence-electron chi connectivity index (χ0n) is 17.1. The number of amides is 1. The maximum absolute atomic E-state index is 12.9. The highest BCUT2D eigenvalue weighted by atomic mass is 16.5. The molecule has 0 spiro atoms. The van der Waals surface area contributed by atoms with Crippen molar-refractivity contribution < 1.29 is 19.1 Å². The molecule has 0 fully saturated rings. The molecule has 2 aromatic heterocycles. The molecule has 0 saturated carbocycles. The Balaban J connectivity index is 1.77. The summed E-state index contributed by atoms with van der Waals surface area (Å²) in [6.45, 7) is 6.16. The standard InChI is InChI=1S/C22H25N3O4/c1-5-29-18-10-7-11-25-19(15(3)24-20(18)25)21(26)23-14(2)12-16-8-6-9-17(13-16)22(27)28-4/h6-11,13-14H,5,12H2,1-4H3,(H,23,26)/t14-/m0/s1. The molecular weight excluding hydrogens is 370 g/mol. The highest BCUT2D eigenvalue weighted by Gasteiger charge is 2.20. The molecule has 29 heavy (non-hydrogen) atoms. The van der Waals surface area contributed by atoms with Gasteiger partial charge in [-0.1, -0.05) is 12.1 Å². The third kappa shape index (κ3) is 4.39. The Labute approximate surface area is 169 Å². The molecule has 0 saturated heterocycles. The van der Waals surface area contributed by atoms with Crippen LogP contribution in [0.1, 0.15) is 46.0 Å². The van der Waals surface area contributed by atoms with E-state index in [1.807, 2.05) is 39.0 Å². The average molecular weight is 395 g/mol. The van der Waals surface area contributed by atoms with E-state index in [9.17, 15) is 9.59 Å². The number of pyridine rings is 1. The zero-order valence-corrected chi connectivity index (χ0v) is 17.1. The molecule has 1 N–H and O–H groups in total. The number of hydrogen-bond acceptors (Lipinski definition) is 5. The van der Waals surface area contributed by atoms with Crippen LogP contribution in [-0.4, -0.2) is 41.0 Å². The Kier molecular flexibility index (Phi) is 6.16. The van der Waals surface area contributed by atoms with Crippen molar-refractivity contribution >= 4 is 17.5 Å². The first-order chi connectivity index (χ1) is 13.9. The van der Waals surface area contributed by atoms with Crippen LogP contribution in [0.25, 0.3) is 5.65 Å². The van der Waals surface area contributed by atoms with Crippen LogP contribution < -0.4 is 10.1 Å². The number of hydrogen-bond donors (Lipinski definition) is 1. The van der Waals surface area contributed by atoms with Gasteiger partial charge in [0.2, 0.25) is 0 Å². The van der Waals surface area contributed by atoms with Crippen molar-refractivity contribution in [3.05, 3.63) is 65.1 Å². The molecule has 0 aliphatic heterocycles. The maximum Gasteiger partial charge on any atom is 0.337 e. The Morgan fingerprint density at radius 2 is 2.03 bits per heavy atom. The van der Waals surface area contributed by atoms with Gasteiger partial charge in [-0.25, -0.2) is 9.78 Å². The molecule has 0 radical (unpaired) electrons. The molecule has 7 nitrogen and oxygen atoms in total. The van der Waals surface area contributed by atoms with Crippen molar-refractivity contribution in [2.45, 2.75) is 33.2 Å². The van der Waals surface area contributed by atoms with Crippen LogP contribution in [0.2, 0.25) is 0 Å².